The molecule has 1 aromatic carbocycles. The van der Waals surface area contributed by atoms with E-state index in [1.807, 2.05) is 0 Å². The molecule has 0 saturated carbocycles. The molecule has 1 atom stereocenters. The smallest absolute Gasteiger partial charge is 0.128 e. The lowest BCUT2D eigenvalue weighted by Gasteiger charge is -2.24. The first-order valence-electron chi connectivity index (χ1n) is 4.32. The van der Waals surface area contributed by atoms with Crippen molar-refractivity contribution < 1.29 is 9.50 Å². The summed E-state index contributed by atoms with van der Waals surface area (Å²) in [6, 6.07) is 4.63. The molecule has 14 heavy (non-hydrogen) atoms. The number of nitrogens with two attached hydrogens (primary N) is 1. The molecule has 0 unspecified atom stereocenters. The number of halogens is 2. The maximum Gasteiger partial charge on any atom is 0.128 e. The molecule has 0 heterocycles. The van der Waals surface area contributed by atoms with Gasteiger partial charge in [0.15, 0.2) is 0 Å². The predicted octanol–water partition coefficient (Wildman–Crippen LogP) is 2.14. The molecule has 3 N–H and O–H groups in total. The maximum absolute atomic E-state index is 13.4. The van der Waals surface area contributed by atoms with Crippen LogP contribution in [-0.4, -0.2) is 11.7 Å². The maximum atomic E-state index is 13.4. The molecule has 0 aromatic heterocycles. The Kier molecular flexibility index (Phi) is 3.64. The fourth-order valence-corrected chi connectivity index (χ4v) is 1.66. The quantitative estimate of drug-likeness (QED) is 0.876. The highest BCUT2D eigenvalue weighted by molar-refractivity contribution is 9.10. The number of benzene rings is 1. The standard InChI is InChI=1S/C10H13BrFNO/c1-10(13,4-5-14)8-6-7(11)2-3-9(8)12/h2-3,6,14H,4-5,13H2,1H3/t10-/m1/s1. The summed E-state index contributed by atoms with van der Waals surface area (Å²) in [6.45, 7) is 1.65. The zero-order valence-electron chi connectivity index (χ0n) is 7.93. The van der Waals surface area contributed by atoms with E-state index < -0.39 is 5.54 Å². The number of aliphatic hydroxyl groups excluding tert-OH is 1. The molecular formula is C10H13BrFNO. The second kappa shape index (κ2) is 4.38. The van der Waals surface area contributed by atoms with Gasteiger partial charge in [-0.25, -0.2) is 4.39 Å². The topological polar surface area (TPSA) is 46.2 Å². The van der Waals surface area contributed by atoms with Crippen molar-refractivity contribution in [2.45, 2.75) is 18.9 Å². The van der Waals surface area contributed by atoms with Crippen molar-refractivity contribution in [1.29, 1.82) is 0 Å². The first kappa shape index (κ1) is 11.6. The number of hydrogen-bond donors (Lipinski definition) is 2. The van der Waals surface area contributed by atoms with Gasteiger partial charge in [-0.2, -0.15) is 0 Å². The first-order valence-corrected chi connectivity index (χ1v) is 5.12. The van der Waals surface area contributed by atoms with E-state index in [1.54, 1.807) is 19.1 Å². The molecule has 0 saturated heterocycles. The third kappa shape index (κ3) is 2.53. The lowest BCUT2D eigenvalue weighted by molar-refractivity contribution is 0.244. The van der Waals surface area contributed by atoms with E-state index in [9.17, 15) is 4.39 Å². The zero-order chi connectivity index (χ0) is 10.8. The number of aliphatic hydroxyl groups is 1. The molecule has 0 aliphatic heterocycles. The Labute approximate surface area is 91.1 Å². The van der Waals surface area contributed by atoms with E-state index in [4.69, 9.17) is 10.8 Å². The molecule has 0 bridgehead atoms. The van der Waals surface area contributed by atoms with Crippen molar-refractivity contribution in [3.05, 3.63) is 34.1 Å². The van der Waals surface area contributed by atoms with E-state index in [1.165, 1.54) is 6.07 Å². The SMILES string of the molecule is C[C@@](N)(CCO)c1cc(Br)ccc1F. The molecule has 1 rings (SSSR count). The van der Waals surface area contributed by atoms with Gasteiger partial charge in [0.1, 0.15) is 5.82 Å². The molecule has 0 fully saturated rings. The van der Waals surface area contributed by atoms with Crippen LogP contribution < -0.4 is 5.73 Å². The number of rotatable bonds is 3. The van der Waals surface area contributed by atoms with Gasteiger partial charge >= 0.3 is 0 Å². The van der Waals surface area contributed by atoms with Gasteiger partial charge in [0, 0.05) is 22.2 Å². The lowest BCUT2D eigenvalue weighted by atomic mass is 9.90. The first-order chi connectivity index (χ1) is 6.47. The van der Waals surface area contributed by atoms with Crippen LogP contribution in [0.25, 0.3) is 0 Å². The minimum absolute atomic E-state index is 0.0566. The van der Waals surface area contributed by atoms with Crippen LogP contribution in [0.1, 0.15) is 18.9 Å². The van der Waals surface area contributed by atoms with Crippen molar-refractivity contribution in [3.63, 3.8) is 0 Å². The summed E-state index contributed by atoms with van der Waals surface area (Å²) >= 11 is 3.26. The fraction of sp³-hybridized carbons (Fsp3) is 0.400. The van der Waals surface area contributed by atoms with Crippen LogP contribution in [0.4, 0.5) is 4.39 Å². The van der Waals surface area contributed by atoms with Crippen LogP contribution in [0, 0.1) is 5.82 Å². The zero-order valence-corrected chi connectivity index (χ0v) is 9.51. The van der Waals surface area contributed by atoms with Gasteiger partial charge in [0.2, 0.25) is 0 Å². The van der Waals surface area contributed by atoms with Crippen molar-refractivity contribution in [3.8, 4) is 0 Å². The Balaban J connectivity index is 3.10. The molecule has 1 aromatic rings. The highest BCUT2D eigenvalue weighted by atomic mass is 79.9. The normalized spacial score (nSPS) is 15.2. The molecule has 0 radical (unpaired) electrons. The van der Waals surface area contributed by atoms with E-state index in [0.717, 1.165) is 4.47 Å². The Hall–Kier alpha value is -0.450. The van der Waals surface area contributed by atoms with E-state index in [0.29, 0.717) is 12.0 Å². The van der Waals surface area contributed by atoms with Crippen molar-refractivity contribution in [2.24, 2.45) is 5.73 Å². The molecule has 0 aliphatic carbocycles. The van der Waals surface area contributed by atoms with Gasteiger partial charge in [-0.15, -0.1) is 0 Å². The molecule has 0 aliphatic rings. The van der Waals surface area contributed by atoms with Crippen LogP contribution in [0.3, 0.4) is 0 Å². The van der Waals surface area contributed by atoms with Crippen LogP contribution in [0.2, 0.25) is 0 Å². The Bertz CT molecular complexity index is 328. The van der Waals surface area contributed by atoms with Crippen molar-refractivity contribution in [1.82, 2.24) is 0 Å². The second-order valence-corrected chi connectivity index (χ2v) is 4.43. The van der Waals surface area contributed by atoms with Gasteiger partial charge in [-0.05, 0) is 31.5 Å². The summed E-state index contributed by atoms with van der Waals surface area (Å²) in [4.78, 5) is 0. The average Bonchev–Trinajstić information content (AvgIpc) is 2.09. The Morgan fingerprint density at radius 2 is 2.21 bits per heavy atom. The third-order valence-corrected chi connectivity index (χ3v) is 2.67. The Morgan fingerprint density at radius 3 is 2.79 bits per heavy atom. The summed E-state index contributed by atoms with van der Waals surface area (Å²) < 4.78 is 14.2. The number of hydrogen-bond acceptors (Lipinski definition) is 2. The fourth-order valence-electron chi connectivity index (χ4n) is 1.30. The van der Waals surface area contributed by atoms with Gasteiger partial charge in [-0.1, -0.05) is 15.9 Å². The highest BCUT2D eigenvalue weighted by Crippen LogP contribution is 2.26. The second-order valence-electron chi connectivity index (χ2n) is 3.52. The van der Waals surface area contributed by atoms with Crippen LogP contribution >= 0.6 is 15.9 Å². The largest absolute Gasteiger partial charge is 0.396 e. The summed E-state index contributed by atoms with van der Waals surface area (Å²) in [5.74, 6) is -0.341. The van der Waals surface area contributed by atoms with Crippen LogP contribution in [0.5, 0.6) is 0 Å². The summed E-state index contributed by atoms with van der Waals surface area (Å²) in [5.41, 5.74) is 5.48. The average molecular weight is 262 g/mol. The van der Waals surface area contributed by atoms with Gasteiger partial charge in [0.05, 0.1) is 0 Å². The monoisotopic (exact) mass is 261 g/mol. The Morgan fingerprint density at radius 1 is 1.57 bits per heavy atom. The summed E-state index contributed by atoms with van der Waals surface area (Å²) in [7, 11) is 0. The summed E-state index contributed by atoms with van der Waals surface area (Å²) in [6.07, 6.45) is 0.334. The van der Waals surface area contributed by atoms with Crippen LogP contribution in [-0.2, 0) is 5.54 Å². The highest BCUT2D eigenvalue weighted by Gasteiger charge is 2.24. The van der Waals surface area contributed by atoms with Crippen molar-refractivity contribution in [2.75, 3.05) is 6.61 Å². The molecule has 0 amide bonds. The molecule has 4 heteroatoms. The van der Waals surface area contributed by atoms with Crippen LogP contribution in [0.15, 0.2) is 22.7 Å². The summed E-state index contributed by atoms with van der Waals surface area (Å²) in [5, 5.41) is 8.81. The van der Waals surface area contributed by atoms with Crippen molar-refractivity contribution >= 4 is 15.9 Å². The molecule has 2 nitrogen and oxygen atoms in total. The van der Waals surface area contributed by atoms with E-state index in [-0.39, 0.29) is 12.4 Å². The van der Waals surface area contributed by atoms with Gasteiger partial charge < -0.3 is 10.8 Å². The minimum atomic E-state index is -0.831. The molecule has 0 spiro atoms. The van der Waals surface area contributed by atoms with E-state index in [2.05, 4.69) is 15.9 Å². The van der Waals surface area contributed by atoms with E-state index >= 15 is 0 Å². The van der Waals surface area contributed by atoms with Gasteiger partial charge in [-0.3, -0.25) is 0 Å². The molecular weight excluding hydrogens is 249 g/mol. The minimum Gasteiger partial charge on any atom is -0.396 e. The van der Waals surface area contributed by atoms with Gasteiger partial charge in [0.25, 0.3) is 0 Å². The third-order valence-electron chi connectivity index (χ3n) is 2.17. The predicted molar refractivity (Wildman–Crippen MR) is 57.3 cm³/mol. The lowest BCUT2D eigenvalue weighted by Crippen LogP contribution is -2.35. The molecule has 78 valence electrons.